The van der Waals surface area contributed by atoms with Crippen molar-refractivity contribution < 1.29 is 4.42 Å². The van der Waals surface area contributed by atoms with Crippen molar-refractivity contribution >= 4 is 16.9 Å². The summed E-state index contributed by atoms with van der Waals surface area (Å²) in [7, 11) is 1.67. The van der Waals surface area contributed by atoms with Crippen LogP contribution in [0.2, 0.25) is 0 Å². The Labute approximate surface area is 95.7 Å². The average Bonchev–Trinajstić information content (AvgIpc) is 2.84. The fraction of sp³-hybridized carbons (Fsp3) is 0.0909. The minimum atomic E-state index is -0.377. The average molecular weight is 230 g/mol. The minimum Gasteiger partial charge on any atom is -0.408 e. The zero-order chi connectivity index (χ0) is 12.0. The lowest BCUT2D eigenvalue weighted by Gasteiger charge is -1.99. The molecule has 86 valence electrons. The molecule has 0 spiro atoms. The number of nitrogen functional groups attached to an aromatic ring is 1. The smallest absolute Gasteiger partial charge is 0.408 e. The Morgan fingerprint density at radius 3 is 3.00 bits per heavy atom. The maximum Gasteiger partial charge on any atom is 0.419 e. The fourth-order valence-electron chi connectivity index (χ4n) is 1.83. The van der Waals surface area contributed by atoms with Crippen LogP contribution in [0.1, 0.15) is 0 Å². The van der Waals surface area contributed by atoms with E-state index in [4.69, 9.17) is 10.2 Å². The van der Waals surface area contributed by atoms with Crippen LogP contribution in [0, 0.1) is 0 Å². The van der Waals surface area contributed by atoms with Crippen LogP contribution in [-0.2, 0) is 7.05 Å². The zero-order valence-electron chi connectivity index (χ0n) is 9.10. The van der Waals surface area contributed by atoms with Crippen LogP contribution >= 0.6 is 0 Å². The van der Waals surface area contributed by atoms with Gasteiger partial charge in [-0.15, -0.1) is 0 Å². The summed E-state index contributed by atoms with van der Waals surface area (Å²) in [5.74, 6) is 0.111. The molecule has 0 amide bonds. The molecule has 0 aliphatic heterocycles. The first-order chi connectivity index (χ1) is 8.16. The molecule has 2 aromatic heterocycles. The molecule has 3 rings (SSSR count). The molecular formula is C11H10N4O2. The number of hydrogen-bond donors (Lipinski definition) is 2. The van der Waals surface area contributed by atoms with E-state index in [-0.39, 0.29) is 5.76 Å². The van der Waals surface area contributed by atoms with Crippen LogP contribution < -0.4 is 11.5 Å². The molecule has 1 aromatic carbocycles. The van der Waals surface area contributed by atoms with E-state index >= 15 is 0 Å². The Balaban J connectivity index is 2.27. The van der Waals surface area contributed by atoms with E-state index in [1.807, 2.05) is 12.1 Å². The molecule has 3 N–H and O–H groups in total. The third-order valence-electron chi connectivity index (χ3n) is 2.77. The van der Waals surface area contributed by atoms with Gasteiger partial charge in [-0.3, -0.25) is 9.67 Å². The van der Waals surface area contributed by atoms with Gasteiger partial charge in [-0.2, -0.15) is 5.10 Å². The maximum atomic E-state index is 11.4. The van der Waals surface area contributed by atoms with Gasteiger partial charge in [0.1, 0.15) is 5.82 Å². The molecule has 0 saturated heterocycles. The van der Waals surface area contributed by atoms with E-state index in [1.165, 1.54) is 4.57 Å². The number of aromatic nitrogens is 3. The molecule has 0 atom stereocenters. The highest BCUT2D eigenvalue weighted by Crippen LogP contribution is 2.26. The van der Waals surface area contributed by atoms with Crippen molar-refractivity contribution in [2.45, 2.75) is 0 Å². The fourth-order valence-corrected chi connectivity index (χ4v) is 1.83. The van der Waals surface area contributed by atoms with Gasteiger partial charge in [-0.1, -0.05) is 6.07 Å². The molecule has 0 aliphatic carbocycles. The van der Waals surface area contributed by atoms with Crippen LogP contribution in [0.25, 0.3) is 22.2 Å². The molecule has 0 radical (unpaired) electrons. The largest absolute Gasteiger partial charge is 0.419 e. The van der Waals surface area contributed by atoms with E-state index in [1.54, 1.807) is 19.3 Å². The number of nitrogens with two attached hydrogens (primary N) is 1. The Morgan fingerprint density at radius 2 is 2.29 bits per heavy atom. The predicted octanol–water partition coefficient (Wildman–Crippen LogP) is 1.10. The molecule has 0 aliphatic rings. The Hall–Kier alpha value is -2.50. The Bertz CT molecular complexity index is 750. The van der Waals surface area contributed by atoms with Crippen molar-refractivity contribution in [3.63, 3.8) is 0 Å². The number of oxazole rings is 1. The lowest BCUT2D eigenvalue weighted by molar-refractivity contribution is 0.528. The standard InChI is InChI=1S/C11H10N4O2/c1-15-8-3-2-6(4-9(8)17-11(15)16)7-5-13-14-10(7)12/h2-5H,1H3,(H3,12,13,14). The van der Waals surface area contributed by atoms with Gasteiger partial charge in [0.25, 0.3) is 0 Å². The van der Waals surface area contributed by atoms with Gasteiger partial charge in [-0.25, -0.2) is 4.79 Å². The Morgan fingerprint density at radius 1 is 1.47 bits per heavy atom. The van der Waals surface area contributed by atoms with Crippen molar-refractivity contribution in [3.8, 4) is 11.1 Å². The van der Waals surface area contributed by atoms with E-state index in [9.17, 15) is 4.79 Å². The molecular weight excluding hydrogens is 220 g/mol. The summed E-state index contributed by atoms with van der Waals surface area (Å²) >= 11 is 0. The highest BCUT2D eigenvalue weighted by Gasteiger charge is 2.09. The number of aryl methyl sites for hydroxylation is 1. The summed E-state index contributed by atoms with van der Waals surface area (Å²) in [6.45, 7) is 0. The van der Waals surface area contributed by atoms with Crippen molar-refractivity contribution in [1.82, 2.24) is 14.8 Å². The van der Waals surface area contributed by atoms with Gasteiger partial charge >= 0.3 is 5.76 Å². The number of H-pyrrole nitrogens is 1. The van der Waals surface area contributed by atoms with Gasteiger partial charge in [0, 0.05) is 12.6 Å². The van der Waals surface area contributed by atoms with Gasteiger partial charge in [-0.05, 0) is 17.7 Å². The molecule has 0 unspecified atom stereocenters. The van der Waals surface area contributed by atoms with Gasteiger partial charge in [0.2, 0.25) is 0 Å². The Kier molecular flexibility index (Phi) is 1.85. The number of nitrogens with one attached hydrogen (secondary N) is 1. The molecule has 0 saturated carbocycles. The first-order valence-corrected chi connectivity index (χ1v) is 5.05. The predicted molar refractivity (Wildman–Crippen MR) is 63.4 cm³/mol. The lowest BCUT2D eigenvalue weighted by Crippen LogP contribution is -2.08. The topological polar surface area (TPSA) is 89.8 Å². The second-order valence-electron chi connectivity index (χ2n) is 3.81. The summed E-state index contributed by atoms with van der Waals surface area (Å²) in [6, 6.07) is 5.47. The highest BCUT2D eigenvalue weighted by molar-refractivity contribution is 5.83. The number of fused-ring (bicyclic) bond motifs is 1. The molecule has 3 aromatic rings. The van der Waals surface area contributed by atoms with E-state index < -0.39 is 0 Å². The highest BCUT2D eigenvalue weighted by atomic mass is 16.4. The van der Waals surface area contributed by atoms with E-state index in [0.29, 0.717) is 11.4 Å². The monoisotopic (exact) mass is 230 g/mol. The van der Waals surface area contributed by atoms with Crippen LogP contribution in [0.4, 0.5) is 5.82 Å². The van der Waals surface area contributed by atoms with Gasteiger partial charge in [0.05, 0.1) is 11.7 Å². The quantitative estimate of drug-likeness (QED) is 0.655. The summed E-state index contributed by atoms with van der Waals surface area (Å²) in [4.78, 5) is 11.4. The van der Waals surface area contributed by atoms with Gasteiger partial charge in [0.15, 0.2) is 5.58 Å². The number of rotatable bonds is 1. The van der Waals surface area contributed by atoms with Crippen molar-refractivity contribution in [2.75, 3.05) is 5.73 Å². The van der Waals surface area contributed by atoms with Crippen molar-refractivity contribution in [3.05, 3.63) is 34.9 Å². The summed E-state index contributed by atoms with van der Waals surface area (Å²) in [5, 5.41) is 6.52. The van der Waals surface area contributed by atoms with E-state index in [0.717, 1.165) is 16.6 Å². The maximum absolute atomic E-state index is 11.4. The van der Waals surface area contributed by atoms with Crippen LogP contribution in [-0.4, -0.2) is 14.8 Å². The second kappa shape index (κ2) is 3.24. The lowest BCUT2D eigenvalue weighted by atomic mass is 10.1. The molecule has 2 heterocycles. The molecule has 17 heavy (non-hydrogen) atoms. The number of aromatic amines is 1. The third-order valence-corrected chi connectivity index (χ3v) is 2.77. The van der Waals surface area contributed by atoms with Crippen LogP contribution in [0.3, 0.4) is 0 Å². The number of nitrogens with zero attached hydrogens (tertiary/aromatic N) is 2. The summed E-state index contributed by atoms with van der Waals surface area (Å²) < 4.78 is 6.57. The SMILES string of the molecule is Cn1c(=O)oc2cc(-c3cn[nH]c3N)ccc21. The molecule has 6 nitrogen and oxygen atoms in total. The number of benzene rings is 1. The van der Waals surface area contributed by atoms with Crippen LogP contribution in [0.15, 0.2) is 33.6 Å². The molecule has 6 heteroatoms. The van der Waals surface area contributed by atoms with E-state index in [2.05, 4.69) is 10.2 Å². The number of hydrogen-bond acceptors (Lipinski definition) is 4. The van der Waals surface area contributed by atoms with Crippen molar-refractivity contribution in [1.29, 1.82) is 0 Å². The normalized spacial score (nSPS) is 11.1. The second-order valence-corrected chi connectivity index (χ2v) is 3.81. The summed E-state index contributed by atoms with van der Waals surface area (Å²) in [6.07, 6.45) is 1.64. The number of anilines is 1. The third kappa shape index (κ3) is 1.34. The molecule has 0 fully saturated rings. The summed E-state index contributed by atoms with van der Waals surface area (Å²) in [5.41, 5.74) is 8.67. The zero-order valence-corrected chi connectivity index (χ0v) is 9.10. The first-order valence-electron chi connectivity index (χ1n) is 5.05. The molecule has 0 bridgehead atoms. The van der Waals surface area contributed by atoms with Crippen LogP contribution in [0.5, 0.6) is 0 Å². The van der Waals surface area contributed by atoms with Gasteiger partial charge < -0.3 is 10.2 Å². The first kappa shape index (κ1) is 9.71. The minimum absolute atomic E-state index is 0.377. The van der Waals surface area contributed by atoms with Crippen molar-refractivity contribution in [2.24, 2.45) is 7.05 Å².